The van der Waals surface area contributed by atoms with Crippen molar-refractivity contribution in [2.45, 2.75) is 0 Å². The van der Waals surface area contributed by atoms with Gasteiger partial charge in [0.1, 0.15) is 11.3 Å². The molecule has 0 aliphatic rings. The molecule has 0 bridgehead atoms. The third-order valence-electron chi connectivity index (χ3n) is 2.69. The second-order valence-electron chi connectivity index (χ2n) is 3.73. The number of rotatable bonds is 0. The molecule has 0 fully saturated rings. The maximum absolute atomic E-state index is 11.7. The topological polar surface area (TPSA) is 50.4 Å². The summed E-state index contributed by atoms with van der Waals surface area (Å²) in [5.74, 6) is -0.123. The van der Waals surface area contributed by atoms with Crippen molar-refractivity contribution >= 4 is 33.3 Å². The Labute approximate surface area is 101 Å². The second-order valence-corrected chi connectivity index (χ2v) is 4.14. The van der Waals surface area contributed by atoms with E-state index in [4.69, 9.17) is 16.0 Å². The third-order valence-corrected chi connectivity index (χ3v) is 2.99. The van der Waals surface area contributed by atoms with Crippen LogP contribution in [0.5, 0.6) is 5.75 Å². The molecule has 0 atom stereocenters. The number of para-hydroxylation sites is 1. The number of aromatic hydroxyl groups is 1. The number of fused-ring (bicyclic) bond motifs is 3. The molecule has 84 valence electrons. The van der Waals surface area contributed by atoms with Gasteiger partial charge < -0.3 is 9.52 Å². The maximum atomic E-state index is 11.7. The fourth-order valence-electron chi connectivity index (χ4n) is 1.89. The molecule has 1 heterocycles. The average molecular weight is 247 g/mol. The molecule has 0 aliphatic heterocycles. The first-order valence-corrected chi connectivity index (χ1v) is 5.38. The highest BCUT2D eigenvalue weighted by Gasteiger charge is 2.10. The van der Waals surface area contributed by atoms with Crippen LogP contribution >= 0.6 is 11.6 Å². The molecule has 0 aliphatic carbocycles. The highest BCUT2D eigenvalue weighted by molar-refractivity contribution is 6.33. The van der Waals surface area contributed by atoms with Gasteiger partial charge in [-0.25, -0.2) is 4.79 Å². The number of phenolic OH excluding ortho intramolecular Hbond substituents is 1. The van der Waals surface area contributed by atoms with E-state index in [1.54, 1.807) is 18.2 Å². The first-order valence-electron chi connectivity index (χ1n) is 5.01. The van der Waals surface area contributed by atoms with Crippen molar-refractivity contribution in [1.29, 1.82) is 0 Å². The number of hydrogen-bond acceptors (Lipinski definition) is 3. The normalized spacial score (nSPS) is 11.1. The maximum Gasteiger partial charge on any atom is 0.344 e. The van der Waals surface area contributed by atoms with E-state index in [-0.39, 0.29) is 10.8 Å². The van der Waals surface area contributed by atoms with Crippen molar-refractivity contribution in [2.24, 2.45) is 0 Å². The first kappa shape index (κ1) is 10.2. The molecule has 0 saturated carbocycles. The van der Waals surface area contributed by atoms with Gasteiger partial charge in [0.05, 0.1) is 10.4 Å². The minimum atomic E-state index is -0.481. The van der Waals surface area contributed by atoms with Crippen LogP contribution in [0.4, 0.5) is 0 Å². The van der Waals surface area contributed by atoms with Crippen molar-refractivity contribution in [3.05, 3.63) is 51.8 Å². The summed E-state index contributed by atoms with van der Waals surface area (Å²) in [4.78, 5) is 11.7. The van der Waals surface area contributed by atoms with Crippen LogP contribution in [0, 0.1) is 0 Å². The predicted molar refractivity (Wildman–Crippen MR) is 66.7 cm³/mol. The van der Waals surface area contributed by atoms with Crippen LogP contribution in [0.3, 0.4) is 0 Å². The standard InChI is InChI=1S/C13H7ClO3/c14-10-5-8-7-3-1-2-4-12(7)17-13(16)9(8)6-11(10)15/h1-6,15H. The summed E-state index contributed by atoms with van der Waals surface area (Å²) >= 11 is 5.86. The Balaban J connectivity index is 2.65. The summed E-state index contributed by atoms with van der Waals surface area (Å²) in [6, 6.07) is 10.1. The zero-order valence-electron chi connectivity index (χ0n) is 8.61. The molecule has 3 rings (SSSR count). The van der Waals surface area contributed by atoms with Crippen LogP contribution < -0.4 is 5.63 Å². The molecule has 0 amide bonds. The van der Waals surface area contributed by atoms with E-state index in [0.29, 0.717) is 16.4 Å². The Morgan fingerprint density at radius 3 is 2.65 bits per heavy atom. The summed E-state index contributed by atoms with van der Waals surface area (Å²) in [6.07, 6.45) is 0. The van der Waals surface area contributed by atoms with Crippen molar-refractivity contribution in [3.63, 3.8) is 0 Å². The van der Waals surface area contributed by atoms with E-state index in [1.165, 1.54) is 6.07 Å². The lowest BCUT2D eigenvalue weighted by Crippen LogP contribution is -1.99. The zero-order valence-corrected chi connectivity index (χ0v) is 9.36. The molecule has 0 saturated heterocycles. The van der Waals surface area contributed by atoms with Crippen LogP contribution in [0.1, 0.15) is 0 Å². The summed E-state index contributed by atoms with van der Waals surface area (Å²) < 4.78 is 5.16. The Kier molecular flexibility index (Phi) is 2.09. The van der Waals surface area contributed by atoms with Gasteiger partial charge in [0.15, 0.2) is 0 Å². The molecule has 0 radical (unpaired) electrons. The van der Waals surface area contributed by atoms with E-state index in [0.717, 1.165) is 5.39 Å². The highest BCUT2D eigenvalue weighted by atomic mass is 35.5. The van der Waals surface area contributed by atoms with Crippen molar-refractivity contribution in [3.8, 4) is 5.75 Å². The van der Waals surface area contributed by atoms with Crippen LogP contribution in [-0.2, 0) is 0 Å². The quantitative estimate of drug-likeness (QED) is 0.489. The highest BCUT2D eigenvalue weighted by Crippen LogP contribution is 2.31. The van der Waals surface area contributed by atoms with Gasteiger partial charge in [-0.2, -0.15) is 0 Å². The SMILES string of the molecule is O=c1oc2ccccc2c2cc(Cl)c(O)cc12. The van der Waals surface area contributed by atoms with Gasteiger partial charge in [-0.3, -0.25) is 0 Å². The van der Waals surface area contributed by atoms with E-state index < -0.39 is 5.63 Å². The van der Waals surface area contributed by atoms with E-state index in [9.17, 15) is 9.90 Å². The number of benzene rings is 2. The largest absolute Gasteiger partial charge is 0.506 e. The Morgan fingerprint density at radius 1 is 1.06 bits per heavy atom. The molecule has 4 heteroatoms. The van der Waals surface area contributed by atoms with Gasteiger partial charge in [-0.15, -0.1) is 0 Å². The van der Waals surface area contributed by atoms with Crippen LogP contribution in [-0.4, -0.2) is 5.11 Å². The Bertz CT molecular complexity index is 790. The summed E-state index contributed by atoms with van der Waals surface area (Å²) in [6.45, 7) is 0. The van der Waals surface area contributed by atoms with E-state index in [2.05, 4.69) is 0 Å². The van der Waals surface area contributed by atoms with E-state index >= 15 is 0 Å². The summed E-state index contributed by atoms with van der Waals surface area (Å²) in [5, 5.41) is 11.5. The lowest BCUT2D eigenvalue weighted by Gasteiger charge is -2.03. The van der Waals surface area contributed by atoms with Gasteiger partial charge >= 0.3 is 5.63 Å². The molecule has 1 aromatic heterocycles. The zero-order chi connectivity index (χ0) is 12.0. The van der Waals surface area contributed by atoms with Crippen molar-refractivity contribution in [1.82, 2.24) is 0 Å². The van der Waals surface area contributed by atoms with Crippen LogP contribution in [0.25, 0.3) is 21.7 Å². The monoisotopic (exact) mass is 246 g/mol. The minimum absolute atomic E-state index is 0.123. The van der Waals surface area contributed by atoms with Gasteiger partial charge in [0.2, 0.25) is 0 Å². The number of halogens is 1. The van der Waals surface area contributed by atoms with Gasteiger partial charge in [-0.05, 0) is 18.2 Å². The molecule has 1 N–H and O–H groups in total. The molecular formula is C13H7ClO3. The minimum Gasteiger partial charge on any atom is -0.506 e. The smallest absolute Gasteiger partial charge is 0.344 e. The van der Waals surface area contributed by atoms with Gasteiger partial charge in [0, 0.05) is 10.8 Å². The molecule has 17 heavy (non-hydrogen) atoms. The molecule has 3 nitrogen and oxygen atoms in total. The third kappa shape index (κ3) is 1.47. The molecular weight excluding hydrogens is 240 g/mol. The van der Waals surface area contributed by atoms with E-state index in [1.807, 2.05) is 12.1 Å². The lowest BCUT2D eigenvalue weighted by molar-refractivity contribution is 0.476. The molecule has 0 spiro atoms. The molecule has 2 aromatic carbocycles. The Morgan fingerprint density at radius 2 is 1.82 bits per heavy atom. The fourth-order valence-corrected chi connectivity index (χ4v) is 2.05. The summed E-state index contributed by atoms with van der Waals surface area (Å²) in [7, 11) is 0. The van der Waals surface area contributed by atoms with Crippen LogP contribution in [0.15, 0.2) is 45.6 Å². The molecule has 0 unspecified atom stereocenters. The number of phenols is 1. The van der Waals surface area contributed by atoms with Crippen molar-refractivity contribution in [2.75, 3.05) is 0 Å². The van der Waals surface area contributed by atoms with Gasteiger partial charge in [0.25, 0.3) is 0 Å². The Hall–Kier alpha value is -2.00. The van der Waals surface area contributed by atoms with Crippen LogP contribution in [0.2, 0.25) is 5.02 Å². The lowest BCUT2D eigenvalue weighted by atomic mass is 10.1. The van der Waals surface area contributed by atoms with Gasteiger partial charge in [-0.1, -0.05) is 29.8 Å². The number of hydrogen-bond donors (Lipinski definition) is 1. The average Bonchev–Trinajstić information content (AvgIpc) is 2.32. The summed E-state index contributed by atoms with van der Waals surface area (Å²) in [5.41, 5.74) is 0.0254. The second kappa shape index (κ2) is 3.50. The first-order chi connectivity index (χ1) is 8.16. The molecule has 3 aromatic rings. The van der Waals surface area contributed by atoms with Crippen molar-refractivity contribution < 1.29 is 9.52 Å². The predicted octanol–water partition coefficient (Wildman–Crippen LogP) is 3.31. The fraction of sp³-hybridized carbons (Fsp3) is 0.